The summed E-state index contributed by atoms with van der Waals surface area (Å²) >= 11 is 0. The van der Waals surface area contributed by atoms with Crippen LogP contribution in [0, 0.1) is 0 Å². The minimum atomic E-state index is -0.594. The fourth-order valence-corrected chi connectivity index (χ4v) is 3.36. The number of amides is 2. The van der Waals surface area contributed by atoms with Crippen molar-refractivity contribution in [1.82, 2.24) is 19.8 Å². The van der Waals surface area contributed by atoms with E-state index in [9.17, 15) is 14.4 Å². The number of hydrogen-bond acceptors (Lipinski definition) is 6. The van der Waals surface area contributed by atoms with Gasteiger partial charge in [0.2, 0.25) is 11.9 Å². The molecule has 2 amide bonds. The average molecular weight is 422 g/mol. The molecule has 1 aromatic heterocycles. The van der Waals surface area contributed by atoms with Crippen LogP contribution in [0.1, 0.15) is 65.6 Å². The Morgan fingerprint density at radius 2 is 1.97 bits per heavy atom. The first kappa shape index (κ1) is 23.7. The van der Waals surface area contributed by atoms with Gasteiger partial charge in [-0.3, -0.25) is 19.1 Å². The van der Waals surface area contributed by atoms with Crippen molar-refractivity contribution in [2.45, 2.75) is 91.6 Å². The van der Waals surface area contributed by atoms with Crippen LogP contribution in [0.2, 0.25) is 0 Å². The third kappa shape index (κ3) is 5.96. The van der Waals surface area contributed by atoms with Crippen molar-refractivity contribution < 1.29 is 14.3 Å². The van der Waals surface area contributed by atoms with Crippen LogP contribution in [0.4, 0.5) is 10.7 Å². The lowest BCUT2D eigenvalue weighted by atomic mass is 10.00. The average Bonchev–Trinajstić information content (AvgIpc) is 2.62. The lowest BCUT2D eigenvalue weighted by molar-refractivity contribution is -0.120. The minimum Gasteiger partial charge on any atom is -0.444 e. The normalized spacial score (nSPS) is 16.3. The molecule has 0 radical (unpaired) electrons. The van der Waals surface area contributed by atoms with Gasteiger partial charge in [-0.25, -0.2) is 9.78 Å². The number of fused-ring (bicyclic) bond motifs is 1. The fourth-order valence-electron chi connectivity index (χ4n) is 3.36. The van der Waals surface area contributed by atoms with Gasteiger partial charge >= 0.3 is 6.09 Å². The fraction of sp³-hybridized carbons (Fsp3) is 0.714. The van der Waals surface area contributed by atoms with E-state index in [0.717, 1.165) is 0 Å². The van der Waals surface area contributed by atoms with Crippen LogP contribution in [-0.4, -0.2) is 51.2 Å². The molecule has 0 spiro atoms. The first-order chi connectivity index (χ1) is 13.9. The van der Waals surface area contributed by atoms with Gasteiger partial charge < -0.3 is 15.4 Å². The van der Waals surface area contributed by atoms with Crippen LogP contribution in [0.15, 0.2) is 4.79 Å². The second-order valence-electron chi connectivity index (χ2n) is 9.05. The predicted molar refractivity (Wildman–Crippen MR) is 115 cm³/mol. The van der Waals surface area contributed by atoms with Gasteiger partial charge in [0.05, 0.1) is 12.2 Å². The van der Waals surface area contributed by atoms with Crippen LogP contribution in [0.25, 0.3) is 0 Å². The van der Waals surface area contributed by atoms with Gasteiger partial charge in [-0.05, 0) is 48.0 Å². The molecule has 2 heterocycles. The second-order valence-corrected chi connectivity index (χ2v) is 9.05. The van der Waals surface area contributed by atoms with Crippen LogP contribution in [0.5, 0.6) is 0 Å². The Morgan fingerprint density at radius 1 is 1.30 bits per heavy atom. The number of nitrogens with zero attached hydrogens (tertiary/aromatic N) is 3. The summed E-state index contributed by atoms with van der Waals surface area (Å²) in [6.45, 7) is 11.9. The molecule has 0 unspecified atom stereocenters. The van der Waals surface area contributed by atoms with E-state index in [2.05, 4.69) is 10.6 Å². The first-order valence-electron chi connectivity index (χ1n) is 10.5. The standard InChI is InChI=1S/C21H35N5O4/c1-13(2)23-19-24-16-12-26(20(29)30-21(4,5)6)14(3)11-15(16)18(28)25(19)10-8-9-17(27)22-7/h13-14H,8-12H2,1-7H3,(H,22,27)(H,23,24)/t14-/m1/s1. The van der Waals surface area contributed by atoms with Crippen molar-refractivity contribution in [3.8, 4) is 0 Å². The molecule has 0 saturated heterocycles. The molecule has 30 heavy (non-hydrogen) atoms. The molecule has 9 nitrogen and oxygen atoms in total. The SMILES string of the molecule is CNC(=O)CCCn1c(NC(C)C)nc2c(c1=O)C[C@@H](C)N(C(=O)OC(C)(C)C)C2. The van der Waals surface area contributed by atoms with Crippen LogP contribution < -0.4 is 16.2 Å². The molecule has 1 aromatic rings. The molecule has 1 atom stereocenters. The van der Waals surface area contributed by atoms with E-state index in [0.29, 0.717) is 43.0 Å². The molecule has 0 bridgehead atoms. The third-order valence-electron chi connectivity index (χ3n) is 4.81. The number of anilines is 1. The van der Waals surface area contributed by atoms with Gasteiger partial charge in [0.1, 0.15) is 5.60 Å². The number of hydrogen-bond donors (Lipinski definition) is 2. The molecule has 0 saturated carbocycles. The molecule has 0 aliphatic carbocycles. The summed E-state index contributed by atoms with van der Waals surface area (Å²) in [5, 5.41) is 5.82. The number of aromatic nitrogens is 2. The van der Waals surface area contributed by atoms with Crippen LogP contribution in [0.3, 0.4) is 0 Å². The highest BCUT2D eigenvalue weighted by Crippen LogP contribution is 2.23. The Balaban J connectivity index is 2.35. The van der Waals surface area contributed by atoms with Crippen molar-refractivity contribution in [2.24, 2.45) is 0 Å². The van der Waals surface area contributed by atoms with E-state index in [1.54, 1.807) is 16.5 Å². The van der Waals surface area contributed by atoms with Gasteiger partial charge in [-0.2, -0.15) is 0 Å². The quantitative estimate of drug-likeness (QED) is 0.730. The number of carbonyl (C=O) groups excluding carboxylic acids is 2. The topological polar surface area (TPSA) is 106 Å². The summed E-state index contributed by atoms with van der Waals surface area (Å²) in [6.07, 6.45) is 0.879. The number of rotatable bonds is 6. The summed E-state index contributed by atoms with van der Waals surface area (Å²) < 4.78 is 7.13. The summed E-state index contributed by atoms with van der Waals surface area (Å²) in [5.74, 6) is 0.401. The molecule has 9 heteroatoms. The zero-order valence-corrected chi connectivity index (χ0v) is 19.2. The summed E-state index contributed by atoms with van der Waals surface area (Å²) in [4.78, 5) is 43.7. The Morgan fingerprint density at radius 3 is 2.53 bits per heavy atom. The van der Waals surface area contributed by atoms with Crippen molar-refractivity contribution in [1.29, 1.82) is 0 Å². The van der Waals surface area contributed by atoms with E-state index in [1.165, 1.54) is 0 Å². The summed E-state index contributed by atoms with van der Waals surface area (Å²) in [7, 11) is 1.60. The lowest BCUT2D eigenvalue weighted by Crippen LogP contribution is -2.48. The first-order valence-corrected chi connectivity index (χ1v) is 10.5. The van der Waals surface area contributed by atoms with E-state index < -0.39 is 11.7 Å². The molecule has 1 aliphatic heterocycles. The van der Waals surface area contributed by atoms with Crippen molar-refractivity contribution >= 4 is 17.9 Å². The van der Waals surface area contributed by atoms with Gasteiger partial charge in [-0.15, -0.1) is 0 Å². The van der Waals surface area contributed by atoms with E-state index in [4.69, 9.17) is 9.72 Å². The highest BCUT2D eigenvalue weighted by Gasteiger charge is 2.33. The highest BCUT2D eigenvalue weighted by atomic mass is 16.6. The molecular weight excluding hydrogens is 386 g/mol. The van der Waals surface area contributed by atoms with Crippen molar-refractivity contribution in [3.05, 3.63) is 21.6 Å². The predicted octanol–water partition coefficient (Wildman–Crippen LogP) is 2.27. The smallest absolute Gasteiger partial charge is 0.410 e. The zero-order valence-electron chi connectivity index (χ0n) is 19.2. The summed E-state index contributed by atoms with van der Waals surface area (Å²) in [6, 6.07) is -0.102. The molecule has 0 fully saturated rings. The van der Waals surface area contributed by atoms with Crippen LogP contribution in [-0.2, 0) is 29.0 Å². The highest BCUT2D eigenvalue weighted by molar-refractivity contribution is 5.75. The largest absolute Gasteiger partial charge is 0.444 e. The number of ether oxygens (including phenoxy) is 1. The van der Waals surface area contributed by atoms with Gasteiger partial charge in [0.15, 0.2) is 0 Å². The molecule has 168 valence electrons. The Kier molecular flexibility index (Phi) is 7.49. The Hall–Kier alpha value is -2.58. The van der Waals surface area contributed by atoms with Crippen molar-refractivity contribution in [2.75, 3.05) is 12.4 Å². The molecular formula is C21H35N5O4. The second kappa shape index (κ2) is 9.49. The molecule has 2 rings (SSSR count). The molecule has 0 aromatic carbocycles. The third-order valence-corrected chi connectivity index (χ3v) is 4.81. The maximum atomic E-state index is 13.3. The molecule has 2 N–H and O–H groups in total. The minimum absolute atomic E-state index is 0.0611. The monoisotopic (exact) mass is 421 g/mol. The maximum absolute atomic E-state index is 13.3. The zero-order chi connectivity index (χ0) is 22.6. The van der Waals surface area contributed by atoms with Gasteiger partial charge in [0.25, 0.3) is 5.56 Å². The van der Waals surface area contributed by atoms with E-state index in [1.807, 2.05) is 41.5 Å². The van der Waals surface area contributed by atoms with E-state index in [-0.39, 0.29) is 30.1 Å². The number of carbonyl (C=O) groups is 2. The van der Waals surface area contributed by atoms with E-state index >= 15 is 0 Å². The van der Waals surface area contributed by atoms with Gasteiger partial charge in [0, 0.05) is 44.1 Å². The summed E-state index contributed by atoms with van der Waals surface area (Å²) in [5.41, 5.74) is 0.505. The Labute approximate surface area is 178 Å². The maximum Gasteiger partial charge on any atom is 0.410 e. The van der Waals surface area contributed by atoms with Crippen LogP contribution >= 0.6 is 0 Å². The molecule has 1 aliphatic rings. The Bertz CT molecular complexity index is 841. The lowest BCUT2D eigenvalue weighted by Gasteiger charge is -2.35. The van der Waals surface area contributed by atoms with Gasteiger partial charge in [-0.1, -0.05) is 0 Å². The van der Waals surface area contributed by atoms with Crippen molar-refractivity contribution in [3.63, 3.8) is 0 Å². The number of nitrogens with one attached hydrogen (secondary N) is 2.